The number of amides is 1. The van der Waals surface area contributed by atoms with Gasteiger partial charge in [-0.05, 0) is 43.5 Å². The first-order chi connectivity index (χ1) is 12.5. The second-order valence-electron chi connectivity index (χ2n) is 6.79. The van der Waals surface area contributed by atoms with Crippen LogP contribution in [0.1, 0.15) is 58.3 Å². The first kappa shape index (κ1) is 21.2. The van der Waals surface area contributed by atoms with E-state index in [0.717, 1.165) is 12.8 Å². The molecule has 5 nitrogen and oxygen atoms in total. The number of nitrogens with one attached hydrogen (secondary N) is 1. The Hall–Kier alpha value is -1.11. The molecule has 0 radical (unpaired) electrons. The summed E-state index contributed by atoms with van der Waals surface area (Å²) in [7, 11) is -3.68. The van der Waals surface area contributed by atoms with Crippen LogP contribution in [0, 0.1) is 0 Å². The van der Waals surface area contributed by atoms with E-state index in [2.05, 4.69) is 12.2 Å². The standard InChI is InChI=1S/C19H29ClN2O3S/c1-2-3-4-5-6-7-14-21-19(23)18-9-8-15-22(18)26(24,25)17-12-10-16(20)11-13-17/h10-13,18H,2-9,14-15H2,1H3,(H,21,23)/t18-/m0/s1. The van der Waals surface area contributed by atoms with Gasteiger partial charge in [-0.3, -0.25) is 4.79 Å². The van der Waals surface area contributed by atoms with Crippen LogP contribution in [-0.4, -0.2) is 37.8 Å². The molecule has 1 aromatic rings. The van der Waals surface area contributed by atoms with Crippen LogP contribution in [0.5, 0.6) is 0 Å². The number of carbonyl (C=O) groups is 1. The molecule has 0 unspecified atom stereocenters. The van der Waals surface area contributed by atoms with Crippen molar-refractivity contribution in [3.63, 3.8) is 0 Å². The smallest absolute Gasteiger partial charge is 0.243 e. The van der Waals surface area contributed by atoms with Gasteiger partial charge in [0.2, 0.25) is 15.9 Å². The van der Waals surface area contributed by atoms with Gasteiger partial charge in [-0.1, -0.05) is 50.6 Å². The fourth-order valence-corrected chi connectivity index (χ4v) is 5.05. The van der Waals surface area contributed by atoms with E-state index >= 15 is 0 Å². The molecular formula is C19H29ClN2O3S. The van der Waals surface area contributed by atoms with E-state index in [9.17, 15) is 13.2 Å². The van der Waals surface area contributed by atoms with Crippen molar-refractivity contribution in [3.8, 4) is 0 Å². The van der Waals surface area contributed by atoms with Crippen LogP contribution in [-0.2, 0) is 14.8 Å². The third-order valence-corrected chi connectivity index (χ3v) is 6.93. The zero-order valence-electron chi connectivity index (χ0n) is 15.4. The van der Waals surface area contributed by atoms with Crippen molar-refractivity contribution in [2.45, 2.75) is 69.2 Å². The lowest BCUT2D eigenvalue weighted by atomic mass is 10.1. The quantitative estimate of drug-likeness (QED) is 0.604. The molecular weight excluding hydrogens is 372 g/mol. The van der Waals surface area contributed by atoms with Crippen LogP contribution in [0.15, 0.2) is 29.2 Å². The van der Waals surface area contributed by atoms with E-state index in [1.54, 1.807) is 12.1 Å². The summed E-state index contributed by atoms with van der Waals surface area (Å²) < 4.78 is 27.0. The first-order valence-electron chi connectivity index (χ1n) is 9.52. The van der Waals surface area contributed by atoms with E-state index in [-0.39, 0.29) is 10.8 Å². The fraction of sp³-hybridized carbons (Fsp3) is 0.632. The van der Waals surface area contributed by atoms with Crippen molar-refractivity contribution in [1.82, 2.24) is 9.62 Å². The fourth-order valence-electron chi connectivity index (χ4n) is 3.27. The minimum atomic E-state index is -3.68. The Morgan fingerprint density at radius 3 is 2.50 bits per heavy atom. The molecule has 1 heterocycles. The van der Waals surface area contributed by atoms with Gasteiger partial charge in [-0.15, -0.1) is 0 Å². The average molecular weight is 401 g/mol. The Balaban J connectivity index is 1.88. The van der Waals surface area contributed by atoms with Gasteiger partial charge in [-0.2, -0.15) is 4.31 Å². The maximum absolute atomic E-state index is 12.8. The van der Waals surface area contributed by atoms with Crippen LogP contribution < -0.4 is 5.32 Å². The highest BCUT2D eigenvalue weighted by molar-refractivity contribution is 7.89. The van der Waals surface area contributed by atoms with Crippen molar-refractivity contribution >= 4 is 27.5 Å². The molecule has 0 spiro atoms. The van der Waals surface area contributed by atoms with Gasteiger partial charge >= 0.3 is 0 Å². The van der Waals surface area contributed by atoms with Gasteiger partial charge in [0.25, 0.3) is 0 Å². The highest BCUT2D eigenvalue weighted by atomic mass is 35.5. The van der Waals surface area contributed by atoms with Crippen molar-refractivity contribution in [1.29, 1.82) is 0 Å². The van der Waals surface area contributed by atoms with Crippen LogP contribution in [0.2, 0.25) is 5.02 Å². The summed E-state index contributed by atoms with van der Waals surface area (Å²) in [5.74, 6) is -0.186. The number of unbranched alkanes of at least 4 members (excludes halogenated alkanes) is 5. The molecule has 7 heteroatoms. The molecule has 1 saturated heterocycles. The lowest BCUT2D eigenvalue weighted by molar-refractivity contribution is -0.124. The molecule has 146 valence electrons. The topological polar surface area (TPSA) is 66.5 Å². The summed E-state index contributed by atoms with van der Waals surface area (Å²) in [5.41, 5.74) is 0. The lowest BCUT2D eigenvalue weighted by Gasteiger charge is -2.23. The minimum Gasteiger partial charge on any atom is -0.355 e. The van der Waals surface area contributed by atoms with E-state index < -0.39 is 16.1 Å². The average Bonchev–Trinajstić information content (AvgIpc) is 3.12. The molecule has 0 aliphatic carbocycles. The van der Waals surface area contributed by atoms with Gasteiger partial charge in [0, 0.05) is 18.1 Å². The number of benzene rings is 1. The van der Waals surface area contributed by atoms with Crippen molar-refractivity contribution in [3.05, 3.63) is 29.3 Å². The number of halogens is 1. The highest BCUT2D eigenvalue weighted by Gasteiger charge is 2.39. The Kier molecular flexibility index (Phi) is 8.38. The number of sulfonamides is 1. The predicted octanol–water partition coefficient (Wildman–Crippen LogP) is 3.97. The predicted molar refractivity (Wildman–Crippen MR) is 105 cm³/mol. The molecule has 0 aromatic heterocycles. The summed E-state index contributed by atoms with van der Waals surface area (Å²) in [6.45, 7) is 3.17. The molecule has 1 atom stereocenters. The molecule has 1 fully saturated rings. The van der Waals surface area contributed by atoms with E-state index in [0.29, 0.717) is 31.0 Å². The molecule has 1 amide bonds. The van der Waals surface area contributed by atoms with Gasteiger partial charge in [0.05, 0.1) is 4.90 Å². The van der Waals surface area contributed by atoms with Gasteiger partial charge in [0.1, 0.15) is 6.04 Å². The Labute approximate surface area is 162 Å². The number of nitrogens with zero attached hydrogens (tertiary/aromatic N) is 1. The lowest BCUT2D eigenvalue weighted by Crippen LogP contribution is -2.46. The largest absolute Gasteiger partial charge is 0.355 e. The number of rotatable bonds is 10. The summed E-state index contributed by atoms with van der Waals surface area (Å²) in [5, 5.41) is 3.40. The van der Waals surface area contributed by atoms with Gasteiger partial charge in [-0.25, -0.2) is 8.42 Å². The van der Waals surface area contributed by atoms with E-state index in [1.165, 1.54) is 42.1 Å². The maximum atomic E-state index is 12.8. The molecule has 1 N–H and O–H groups in total. The summed E-state index contributed by atoms with van der Waals surface area (Å²) in [6.07, 6.45) is 8.19. The third-order valence-electron chi connectivity index (χ3n) is 4.76. The minimum absolute atomic E-state index is 0.178. The van der Waals surface area contributed by atoms with Crippen molar-refractivity contribution in [2.24, 2.45) is 0 Å². The molecule has 1 aliphatic rings. The van der Waals surface area contributed by atoms with Crippen molar-refractivity contribution in [2.75, 3.05) is 13.1 Å². The summed E-state index contributed by atoms with van der Waals surface area (Å²) in [4.78, 5) is 12.7. The number of carbonyl (C=O) groups excluding carboxylic acids is 1. The van der Waals surface area contributed by atoms with Crippen LogP contribution in [0.25, 0.3) is 0 Å². The van der Waals surface area contributed by atoms with Crippen molar-refractivity contribution < 1.29 is 13.2 Å². The zero-order valence-corrected chi connectivity index (χ0v) is 17.0. The molecule has 2 rings (SSSR count). The Morgan fingerprint density at radius 2 is 1.81 bits per heavy atom. The van der Waals surface area contributed by atoms with E-state index in [4.69, 9.17) is 11.6 Å². The summed E-state index contributed by atoms with van der Waals surface area (Å²) >= 11 is 5.84. The van der Waals surface area contributed by atoms with E-state index in [1.807, 2.05) is 0 Å². The number of hydrogen-bond donors (Lipinski definition) is 1. The monoisotopic (exact) mass is 400 g/mol. The second kappa shape index (κ2) is 10.3. The first-order valence-corrected chi connectivity index (χ1v) is 11.3. The second-order valence-corrected chi connectivity index (χ2v) is 9.11. The zero-order chi connectivity index (χ0) is 19.0. The van der Waals surface area contributed by atoms with Crippen LogP contribution in [0.3, 0.4) is 0 Å². The van der Waals surface area contributed by atoms with Crippen LogP contribution >= 0.6 is 11.6 Å². The third kappa shape index (κ3) is 5.69. The molecule has 1 aliphatic heterocycles. The molecule has 0 bridgehead atoms. The Bertz CT molecular complexity index is 677. The molecule has 26 heavy (non-hydrogen) atoms. The SMILES string of the molecule is CCCCCCCCNC(=O)[C@@H]1CCCN1S(=O)(=O)c1ccc(Cl)cc1. The van der Waals surface area contributed by atoms with Crippen LogP contribution in [0.4, 0.5) is 0 Å². The normalized spacial score (nSPS) is 18.2. The van der Waals surface area contributed by atoms with Gasteiger partial charge < -0.3 is 5.32 Å². The Morgan fingerprint density at radius 1 is 1.15 bits per heavy atom. The highest BCUT2D eigenvalue weighted by Crippen LogP contribution is 2.27. The summed E-state index contributed by atoms with van der Waals surface area (Å²) in [6, 6.07) is 5.47. The molecule has 1 aromatic carbocycles. The maximum Gasteiger partial charge on any atom is 0.243 e. The van der Waals surface area contributed by atoms with Gasteiger partial charge in [0.15, 0.2) is 0 Å². The molecule has 0 saturated carbocycles. The number of hydrogen-bond acceptors (Lipinski definition) is 3.